The van der Waals surface area contributed by atoms with Gasteiger partial charge in [-0.15, -0.1) is 4.91 Å². The van der Waals surface area contributed by atoms with Gasteiger partial charge in [0, 0.05) is 0 Å². The molecule has 0 amide bonds. The zero-order valence-electron chi connectivity index (χ0n) is 6.25. The summed E-state index contributed by atoms with van der Waals surface area (Å²) in [5, 5.41) is 2.43. The SMILES string of the molecule is CC1CCC(ON=O)CC1. The number of nitrogens with zero attached hydrogens (tertiary/aromatic N) is 1. The summed E-state index contributed by atoms with van der Waals surface area (Å²) in [4.78, 5) is 14.3. The molecule has 58 valence electrons. The molecule has 0 aromatic rings. The van der Waals surface area contributed by atoms with Crippen LogP contribution in [-0.2, 0) is 4.84 Å². The van der Waals surface area contributed by atoms with Crippen molar-refractivity contribution in [3.8, 4) is 0 Å². The average molecular weight is 143 g/mol. The number of hydrogen-bond acceptors (Lipinski definition) is 3. The van der Waals surface area contributed by atoms with E-state index in [1.807, 2.05) is 0 Å². The zero-order valence-corrected chi connectivity index (χ0v) is 6.25. The summed E-state index contributed by atoms with van der Waals surface area (Å²) in [5.74, 6) is 0.798. The highest BCUT2D eigenvalue weighted by atomic mass is 16.7. The van der Waals surface area contributed by atoms with Crippen LogP contribution in [0.15, 0.2) is 5.34 Å². The van der Waals surface area contributed by atoms with Crippen molar-refractivity contribution in [2.45, 2.75) is 38.7 Å². The van der Waals surface area contributed by atoms with Gasteiger partial charge in [-0.05, 0) is 31.6 Å². The Hall–Kier alpha value is -0.600. The smallest absolute Gasteiger partial charge is 0.155 e. The number of rotatable bonds is 2. The highest BCUT2D eigenvalue weighted by Crippen LogP contribution is 2.25. The first-order valence-electron chi connectivity index (χ1n) is 3.81. The van der Waals surface area contributed by atoms with Crippen molar-refractivity contribution in [3.63, 3.8) is 0 Å². The highest BCUT2D eigenvalue weighted by molar-refractivity contribution is 4.69. The van der Waals surface area contributed by atoms with Crippen LogP contribution in [-0.4, -0.2) is 6.10 Å². The van der Waals surface area contributed by atoms with Gasteiger partial charge in [0.15, 0.2) is 5.34 Å². The van der Waals surface area contributed by atoms with Crippen molar-refractivity contribution in [1.82, 2.24) is 0 Å². The molecule has 3 nitrogen and oxygen atoms in total. The molecule has 1 rings (SSSR count). The van der Waals surface area contributed by atoms with E-state index in [4.69, 9.17) is 0 Å². The molecule has 1 aliphatic carbocycles. The van der Waals surface area contributed by atoms with Crippen LogP contribution in [0, 0.1) is 10.8 Å². The van der Waals surface area contributed by atoms with Crippen molar-refractivity contribution in [3.05, 3.63) is 4.91 Å². The normalized spacial score (nSPS) is 33.3. The molecule has 0 bridgehead atoms. The second kappa shape index (κ2) is 3.54. The average Bonchev–Trinajstić information content (AvgIpc) is 1.95. The first-order valence-corrected chi connectivity index (χ1v) is 3.81. The summed E-state index contributed by atoms with van der Waals surface area (Å²) < 4.78 is 0. The van der Waals surface area contributed by atoms with Gasteiger partial charge in [0.1, 0.15) is 6.10 Å². The van der Waals surface area contributed by atoms with Crippen molar-refractivity contribution in [2.24, 2.45) is 11.3 Å². The van der Waals surface area contributed by atoms with E-state index in [0.717, 1.165) is 18.8 Å². The fraction of sp³-hybridized carbons (Fsp3) is 1.00. The van der Waals surface area contributed by atoms with Crippen LogP contribution in [0.5, 0.6) is 0 Å². The van der Waals surface area contributed by atoms with Crippen molar-refractivity contribution >= 4 is 0 Å². The lowest BCUT2D eigenvalue weighted by atomic mass is 9.89. The minimum atomic E-state index is 0.105. The summed E-state index contributed by atoms with van der Waals surface area (Å²) >= 11 is 0. The molecule has 0 heterocycles. The summed E-state index contributed by atoms with van der Waals surface area (Å²) in [5.41, 5.74) is 0. The molecule has 0 aromatic carbocycles. The van der Waals surface area contributed by atoms with Crippen molar-refractivity contribution in [2.75, 3.05) is 0 Å². The zero-order chi connectivity index (χ0) is 7.40. The monoisotopic (exact) mass is 143 g/mol. The molecule has 3 heteroatoms. The highest BCUT2D eigenvalue weighted by Gasteiger charge is 2.19. The van der Waals surface area contributed by atoms with E-state index in [-0.39, 0.29) is 6.10 Å². The Labute approximate surface area is 60.7 Å². The fourth-order valence-electron chi connectivity index (χ4n) is 1.40. The summed E-state index contributed by atoms with van der Waals surface area (Å²) in [6, 6.07) is 0. The van der Waals surface area contributed by atoms with Gasteiger partial charge in [-0.3, -0.25) is 0 Å². The van der Waals surface area contributed by atoms with Crippen LogP contribution in [0.25, 0.3) is 0 Å². The van der Waals surface area contributed by atoms with Crippen LogP contribution in [0.1, 0.15) is 32.6 Å². The van der Waals surface area contributed by atoms with Crippen molar-refractivity contribution < 1.29 is 4.84 Å². The molecule has 0 aromatic heterocycles. The lowest BCUT2D eigenvalue weighted by Crippen LogP contribution is -2.18. The van der Waals surface area contributed by atoms with E-state index < -0.39 is 0 Å². The molecule has 0 unspecified atom stereocenters. The van der Waals surface area contributed by atoms with Crippen LogP contribution in [0.3, 0.4) is 0 Å². The van der Waals surface area contributed by atoms with Crippen LogP contribution >= 0.6 is 0 Å². The first-order chi connectivity index (χ1) is 4.83. The minimum absolute atomic E-state index is 0.105. The molecule has 0 atom stereocenters. The van der Waals surface area contributed by atoms with Gasteiger partial charge in [-0.2, -0.15) is 0 Å². The van der Waals surface area contributed by atoms with E-state index in [2.05, 4.69) is 17.1 Å². The van der Waals surface area contributed by atoms with E-state index in [1.54, 1.807) is 0 Å². The molecule has 0 spiro atoms. The Morgan fingerprint density at radius 3 is 2.40 bits per heavy atom. The second-order valence-corrected chi connectivity index (χ2v) is 3.06. The third-order valence-electron chi connectivity index (χ3n) is 2.15. The molecule has 10 heavy (non-hydrogen) atoms. The van der Waals surface area contributed by atoms with Gasteiger partial charge in [-0.1, -0.05) is 6.92 Å². The topological polar surface area (TPSA) is 38.7 Å². The maximum Gasteiger partial charge on any atom is 0.155 e. The van der Waals surface area contributed by atoms with Crippen molar-refractivity contribution in [1.29, 1.82) is 0 Å². The van der Waals surface area contributed by atoms with E-state index in [0.29, 0.717) is 0 Å². The van der Waals surface area contributed by atoms with E-state index >= 15 is 0 Å². The predicted octanol–water partition coefficient (Wildman–Crippen LogP) is 2.26. The lowest BCUT2D eigenvalue weighted by Gasteiger charge is -2.22. The lowest BCUT2D eigenvalue weighted by molar-refractivity contribution is 0.0208. The third-order valence-corrected chi connectivity index (χ3v) is 2.15. The Balaban J connectivity index is 2.19. The van der Waals surface area contributed by atoms with E-state index in [1.165, 1.54) is 12.8 Å². The second-order valence-electron chi connectivity index (χ2n) is 3.06. The predicted molar refractivity (Wildman–Crippen MR) is 38.3 cm³/mol. The Morgan fingerprint density at radius 1 is 1.30 bits per heavy atom. The Kier molecular flexibility index (Phi) is 2.66. The molecule has 0 saturated heterocycles. The first kappa shape index (κ1) is 7.51. The van der Waals surface area contributed by atoms with Gasteiger partial charge in [0.05, 0.1) is 0 Å². The maximum atomic E-state index is 9.68. The molecule has 1 fully saturated rings. The summed E-state index contributed by atoms with van der Waals surface area (Å²) in [6.07, 6.45) is 4.42. The fourth-order valence-corrected chi connectivity index (χ4v) is 1.40. The van der Waals surface area contributed by atoms with E-state index in [9.17, 15) is 4.91 Å². The number of hydrogen-bond donors (Lipinski definition) is 0. The molecular formula is C7H13NO2. The Morgan fingerprint density at radius 2 is 1.90 bits per heavy atom. The van der Waals surface area contributed by atoms with Gasteiger partial charge in [-0.25, -0.2) is 0 Å². The quantitative estimate of drug-likeness (QED) is 0.439. The summed E-state index contributed by atoms with van der Waals surface area (Å²) in [6.45, 7) is 2.23. The summed E-state index contributed by atoms with van der Waals surface area (Å²) in [7, 11) is 0. The van der Waals surface area contributed by atoms with Gasteiger partial charge >= 0.3 is 0 Å². The minimum Gasteiger partial charge on any atom is -0.361 e. The standard InChI is InChI=1S/C7H13NO2/c1-6-2-4-7(5-3-6)10-8-9/h6-7H,2-5H2,1H3. The van der Waals surface area contributed by atoms with Crippen LogP contribution in [0.2, 0.25) is 0 Å². The molecular weight excluding hydrogens is 130 g/mol. The molecule has 0 N–H and O–H groups in total. The molecule has 1 aliphatic rings. The molecule has 0 radical (unpaired) electrons. The van der Waals surface area contributed by atoms with Crippen LogP contribution < -0.4 is 0 Å². The largest absolute Gasteiger partial charge is 0.361 e. The van der Waals surface area contributed by atoms with Crippen LogP contribution in [0.4, 0.5) is 0 Å². The van der Waals surface area contributed by atoms with Gasteiger partial charge in [0.25, 0.3) is 0 Å². The molecule has 0 aliphatic heterocycles. The van der Waals surface area contributed by atoms with Gasteiger partial charge in [0.2, 0.25) is 0 Å². The molecule has 1 saturated carbocycles. The third kappa shape index (κ3) is 1.97. The Bertz CT molecular complexity index is 108. The van der Waals surface area contributed by atoms with Gasteiger partial charge < -0.3 is 4.84 Å². The maximum absolute atomic E-state index is 9.68.